The molecule has 0 aromatic heterocycles. The second-order valence-corrected chi connectivity index (χ2v) is 17.6. The van der Waals surface area contributed by atoms with Gasteiger partial charge in [0.1, 0.15) is 0 Å². The van der Waals surface area contributed by atoms with E-state index in [1.807, 2.05) is 0 Å². The molecule has 0 N–H and O–H groups in total. The molecule has 2 saturated carbocycles. The lowest BCUT2D eigenvalue weighted by atomic mass is 9.45. The van der Waals surface area contributed by atoms with Crippen LogP contribution in [0.1, 0.15) is 101 Å². The Labute approximate surface area is 188 Å². The van der Waals surface area contributed by atoms with E-state index in [1.165, 1.54) is 32.1 Å². The second kappa shape index (κ2) is 8.80. The first kappa shape index (κ1) is 24.7. The first-order valence-corrected chi connectivity index (χ1v) is 15.0. The molecule has 0 unspecified atom stereocenters. The molecule has 3 fully saturated rings. The summed E-state index contributed by atoms with van der Waals surface area (Å²) in [6.07, 6.45) is 7.30. The van der Waals surface area contributed by atoms with Gasteiger partial charge in [-0.25, -0.2) is 0 Å². The molecule has 0 bridgehead atoms. The Morgan fingerprint density at radius 2 is 1.47 bits per heavy atom. The fourth-order valence-electron chi connectivity index (χ4n) is 8.32. The van der Waals surface area contributed by atoms with Crippen molar-refractivity contribution in [2.45, 2.75) is 123 Å². The summed E-state index contributed by atoms with van der Waals surface area (Å²) >= 11 is 0. The minimum absolute atomic E-state index is 0.131. The van der Waals surface area contributed by atoms with Gasteiger partial charge in [-0.15, -0.1) is 0 Å². The van der Waals surface area contributed by atoms with Crippen molar-refractivity contribution in [1.29, 1.82) is 0 Å². The van der Waals surface area contributed by atoms with E-state index in [4.69, 9.17) is 13.9 Å². The van der Waals surface area contributed by atoms with Crippen molar-refractivity contribution in [1.82, 2.24) is 0 Å². The molecule has 1 spiro atoms. The topological polar surface area (TPSA) is 27.7 Å². The van der Waals surface area contributed by atoms with Crippen molar-refractivity contribution < 1.29 is 13.9 Å². The van der Waals surface area contributed by atoms with Crippen molar-refractivity contribution in [3.63, 3.8) is 0 Å². The summed E-state index contributed by atoms with van der Waals surface area (Å²) in [7, 11) is -1.81. The molecule has 3 nitrogen and oxygen atoms in total. The standard InChI is InChI=1S/C26H50O3Si/c1-19(2)30(20(3)4,21(5)6)29-16-15-24(8)22(7)12-14-25(9)23(24)11-10-13-26(25)27-17-18-28-26/h19-23H,10-18H2,1-9H3/t22-,23+,24-,25+/m1/s1. The smallest absolute Gasteiger partial charge is 0.200 e. The minimum atomic E-state index is -1.81. The lowest BCUT2D eigenvalue weighted by Gasteiger charge is -2.63. The molecule has 0 amide bonds. The molecule has 2 aliphatic carbocycles. The molecule has 0 aromatic rings. The lowest BCUT2D eigenvalue weighted by molar-refractivity contribution is -0.298. The van der Waals surface area contributed by atoms with E-state index in [-0.39, 0.29) is 11.2 Å². The third-order valence-corrected chi connectivity index (χ3v) is 16.2. The van der Waals surface area contributed by atoms with Crippen molar-refractivity contribution in [3.05, 3.63) is 0 Å². The first-order chi connectivity index (χ1) is 14.0. The zero-order valence-electron chi connectivity index (χ0n) is 21.5. The summed E-state index contributed by atoms with van der Waals surface area (Å²) in [5, 5.41) is 0. The second-order valence-electron chi connectivity index (χ2n) is 12.2. The fraction of sp³-hybridized carbons (Fsp3) is 1.00. The zero-order chi connectivity index (χ0) is 22.4. The average molecular weight is 439 g/mol. The van der Waals surface area contributed by atoms with Gasteiger partial charge in [0.25, 0.3) is 0 Å². The van der Waals surface area contributed by atoms with Gasteiger partial charge in [-0.2, -0.15) is 0 Å². The highest BCUT2D eigenvalue weighted by Gasteiger charge is 2.64. The molecule has 3 rings (SSSR count). The average Bonchev–Trinajstić information content (AvgIpc) is 3.13. The van der Waals surface area contributed by atoms with Gasteiger partial charge in [0.2, 0.25) is 0 Å². The Morgan fingerprint density at radius 1 is 0.900 bits per heavy atom. The van der Waals surface area contributed by atoms with Crippen LogP contribution in [0, 0.1) is 22.7 Å². The van der Waals surface area contributed by atoms with Crippen LogP contribution in [0.5, 0.6) is 0 Å². The van der Waals surface area contributed by atoms with Crippen molar-refractivity contribution >= 4 is 8.32 Å². The molecule has 3 aliphatic rings. The summed E-state index contributed by atoms with van der Waals surface area (Å²) in [5.74, 6) is 1.05. The summed E-state index contributed by atoms with van der Waals surface area (Å²) in [6.45, 7) is 24.4. The van der Waals surface area contributed by atoms with E-state index < -0.39 is 8.32 Å². The fourth-order valence-corrected chi connectivity index (χ4v) is 13.8. The quantitative estimate of drug-likeness (QED) is 0.384. The van der Waals surface area contributed by atoms with Gasteiger partial charge in [-0.05, 0) is 66.0 Å². The first-order valence-electron chi connectivity index (χ1n) is 12.9. The summed E-state index contributed by atoms with van der Waals surface area (Å²) in [4.78, 5) is 0. The SMILES string of the molecule is CC(C)[Si](OCC[C@]1(C)[C@H](C)CC[C@@]2(C)[C@H]1CCCC21OCCO1)(C(C)C)C(C)C. The molecular weight excluding hydrogens is 388 g/mol. The van der Waals surface area contributed by atoms with Crippen LogP contribution in [0.25, 0.3) is 0 Å². The monoisotopic (exact) mass is 438 g/mol. The zero-order valence-corrected chi connectivity index (χ0v) is 22.5. The summed E-state index contributed by atoms with van der Waals surface area (Å²) in [5.41, 5.74) is 2.37. The van der Waals surface area contributed by atoms with Crippen LogP contribution in [-0.4, -0.2) is 33.9 Å². The van der Waals surface area contributed by atoms with Crippen LogP contribution >= 0.6 is 0 Å². The third kappa shape index (κ3) is 3.66. The molecule has 0 aromatic carbocycles. The van der Waals surface area contributed by atoms with Crippen LogP contribution in [0.15, 0.2) is 0 Å². The number of ether oxygens (including phenoxy) is 2. The molecular formula is C26H50O3Si. The molecule has 0 radical (unpaired) electrons. The maximum Gasteiger partial charge on any atom is 0.200 e. The van der Waals surface area contributed by atoms with Crippen molar-refractivity contribution in [2.24, 2.45) is 22.7 Å². The van der Waals surface area contributed by atoms with Gasteiger partial charge < -0.3 is 13.9 Å². The maximum atomic E-state index is 7.04. The van der Waals surface area contributed by atoms with Crippen LogP contribution in [0.2, 0.25) is 16.6 Å². The Balaban J connectivity index is 1.82. The van der Waals surface area contributed by atoms with E-state index in [0.717, 1.165) is 32.2 Å². The van der Waals surface area contributed by atoms with Crippen LogP contribution in [0.4, 0.5) is 0 Å². The van der Waals surface area contributed by atoms with E-state index in [1.54, 1.807) is 0 Å². The third-order valence-electron chi connectivity index (χ3n) is 10.1. The number of hydrogen-bond donors (Lipinski definition) is 0. The van der Waals surface area contributed by atoms with Crippen LogP contribution < -0.4 is 0 Å². The highest BCUT2D eigenvalue weighted by Crippen LogP contribution is 2.65. The van der Waals surface area contributed by atoms with Crippen LogP contribution in [0.3, 0.4) is 0 Å². The number of rotatable bonds is 7. The predicted octanol–water partition coefficient (Wildman–Crippen LogP) is 7.55. The predicted molar refractivity (Wildman–Crippen MR) is 128 cm³/mol. The van der Waals surface area contributed by atoms with Gasteiger partial charge in [0.05, 0.1) is 13.2 Å². The van der Waals surface area contributed by atoms with Gasteiger partial charge in [0.15, 0.2) is 14.1 Å². The number of fused-ring (bicyclic) bond motifs is 2. The van der Waals surface area contributed by atoms with Crippen LogP contribution in [-0.2, 0) is 13.9 Å². The van der Waals surface area contributed by atoms with Gasteiger partial charge in [-0.1, -0.05) is 62.3 Å². The summed E-state index contributed by atoms with van der Waals surface area (Å²) < 4.78 is 19.8. The molecule has 1 aliphatic heterocycles. The number of hydrogen-bond acceptors (Lipinski definition) is 3. The van der Waals surface area contributed by atoms with E-state index >= 15 is 0 Å². The van der Waals surface area contributed by atoms with Gasteiger partial charge in [-0.3, -0.25) is 0 Å². The Morgan fingerprint density at radius 3 is 2.00 bits per heavy atom. The van der Waals surface area contributed by atoms with E-state index in [9.17, 15) is 0 Å². The Bertz CT molecular complexity index is 561. The normalized spacial score (nSPS) is 36.8. The van der Waals surface area contributed by atoms with Crippen molar-refractivity contribution in [3.8, 4) is 0 Å². The van der Waals surface area contributed by atoms with E-state index in [2.05, 4.69) is 62.3 Å². The van der Waals surface area contributed by atoms with Crippen molar-refractivity contribution in [2.75, 3.05) is 19.8 Å². The molecule has 30 heavy (non-hydrogen) atoms. The minimum Gasteiger partial charge on any atom is -0.416 e. The molecule has 4 heteroatoms. The van der Waals surface area contributed by atoms with Gasteiger partial charge >= 0.3 is 0 Å². The Hall–Kier alpha value is 0.0969. The molecule has 176 valence electrons. The largest absolute Gasteiger partial charge is 0.416 e. The highest BCUT2D eigenvalue weighted by atomic mass is 28.4. The summed E-state index contributed by atoms with van der Waals surface area (Å²) in [6, 6.07) is 0. The Kier molecular flexibility index (Phi) is 7.25. The molecule has 1 saturated heterocycles. The maximum absolute atomic E-state index is 7.04. The molecule has 4 atom stereocenters. The lowest BCUT2D eigenvalue weighted by Crippen LogP contribution is -2.62. The van der Waals surface area contributed by atoms with Gasteiger partial charge in [0, 0.05) is 18.4 Å². The highest BCUT2D eigenvalue weighted by molar-refractivity contribution is 6.77. The van der Waals surface area contributed by atoms with E-state index in [0.29, 0.717) is 28.0 Å². The molecule has 1 heterocycles.